The molecule has 1 heterocycles. The minimum atomic E-state index is 0.152. The van der Waals surface area contributed by atoms with E-state index in [4.69, 9.17) is 11.6 Å². The Hall–Kier alpha value is 0.130. The van der Waals surface area contributed by atoms with Crippen molar-refractivity contribution in [3.05, 3.63) is 54.1 Å². The Morgan fingerprint density at radius 2 is 2.00 bits per heavy atom. The van der Waals surface area contributed by atoms with Crippen LogP contribution in [0.2, 0.25) is 5.02 Å². The van der Waals surface area contributed by atoms with Crippen LogP contribution in [-0.2, 0) is 0 Å². The van der Waals surface area contributed by atoms with Crippen LogP contribution in [0.25, 0.3) is 0 Å². The molecule has 90 valence electrons. The highest BCUT2D eigenvalue weighted by atomic mass is 79.9. The summed E-state index contributed by atoms with van der Waals surface area (Å²) in [5.74, 6) is 0. The minimum absolute atomic E-state index is 0.152. The van der Waals surface area contributed by atoms with Crippen molar-refractivity contribution in [3.8, 4) is 0 Å². The van der Waals surface area contributed by atoms with Crippen LogP contribution < -0.4 is 5.32 Å². The summed E-state index contributed by atoms with van der Waals surface area (Å²) in [6, 6.07) is 10.3. The molecule has 1 N–H and O–H groups in total. The Kier molecular flexibility index (Phi) is 4.66. The van der Waals surface area contributed by atoms with Crippen molar-refractivity contribution in [2.45, 2.75) is 6.04 Å². The van der Waals surface area contributed by atoms with Gasteiger partial charge in [-0.05, 0) is 40.7 Å². The quantitative estimate of drug-likeness (QED) is 0.750. The highest BCUT2D eigenvalue weighted by Crippen LogP contribution is 2.38. The summed E-state index contributed by atoms with van der Waals surface area (Å²) >= 11 is 14.8. The van der Waals surface area contributed by atoms with Crippen molar-refractivity contribution in [2.24, 2.45) is 0 Å². The number of thiophene rings is 1. The van der Waals surface area contributed by atoms with Gasteiger partial charge >= 0.3 is 0 Å². The summed E-state index contributed by atoms with van der Waals surface area (Å²) in [4.78, 5) is 1.19. The molecule has 0 bridgehead atoms. The van der Waals surface area contributed by atoms with Crippen LogP contribution in [0.15, 0.2) is 38.6 Å². The predicted molar refractivity (Wildman–Crippen MR) is 82.1 cm³/mol. The monoisotopic (exact) mass is 393 g/mol. The zero-order chi connectivity index (χ0) is 12.4. The van der Waals surface area contributed by atoms with E-state index in [0.717, 1.165) is 13.3 Å². The first-order chi connectivity index (χ1) is 8.13. The van der Waals surface area contributed by atoms with E-state index < -0.39 is 0 Å². The number of hydrogen-bond donors (Lipinski definition) is 1. The van der Waals surface area contributed by atoms with Gasteiger partial charge in [0.05, 0.1) is 14.9 Å². The molecule has 0 saturated heterocycles. The van der Waals surface area contributed by atoms with Gasteiger partial charge in [0.1, 0.15) is 0 Å². The van der Waals surface area contributed by atoms with Crippen LogP contribution in [0.5, 0.6) is 0 Å². The SMILES string of the molecule is CNC(c1cc(Cl)c(Br)s1)c1ccccc1Br. The Bertz CT molecular complexity index is 507. The molecule has 0 aliphatic heterocycles. The molecule has 1 nitrogen and oxygen atoms in total. The van der Waals surface area contributed by atoms with Gasteiger partial charge in [0.15, 0.2) is 0 Å². The summed E-state index contributed by atoms with van der Waals surface area (Å²) < 4.78 is 2.07. The molecule has 5 heteroatoms. The van der Waals surface area contributed by atoms with Gasteiger partial charge in [-0.2, -0.15) is 0 Å². The van der Waals surface area contributed by atoms with Crippen LogP contribution in [0.1, 0.15) is 16.5 Å². The maximum atomic E-state index is 6.08. The van der Waals surface area contributed by atoms with Crippen molar-refractivity contribution in [3.63, 3.8) is 0 Å². The first-order valence-corrected chi connectivity index (χ1v) is 7.78. The smallest absolute Gasteiger partial charge is 0.0888 e. The maximum absolute atomic E-state index is 6.08. The Balaban J connectivity index is 2.44. The minimum Gasteiger partial charge on any atom is -0.309 e. The second kappa shape index (κ2) is 5.85. The van der Waals surface area contributed by atoms with E-state index in [-0.39, 0.29) is 6.04 Å². The van der Waals surface area contributed by atoms with Gasteiger partial charge in [-0.3, -0.25) is 0 Å². The Morgan fingerprint density at radius 3 is 2.53 bits per heavy atom. The molecular formula is C12H10Br2ClNS. The normalized spacial score (nSPS) is 12.7. The molecule has 0 aliphatic carbocycles. The predicted octanol–water partition coefficient (Wildman–Crippen LogP) is 5.24. The van der Waals surface area contributed by atoms with Gasteiger partial charge in [-0.25, -0.2) is 0 Å². The molecule has 0 saturated carbocycles. The fourth-order valence-electron chi connectivity index (χ4n) is 1.67. The third-order valence-corrected chi connectivity index (χ3v) is 5.72. The molecule has 1 atom stereocenters. The van der Waals surface area contributed by atoms with E-state index in [1.54, 1.807) is 11.3 Å². The number of benzene rings is 1. The Morgan fingerprint density at radius 1 is 1.29 bits per heavy atom. The van der Waals surface area contributed by atoms with Gasteiger partial charge in [0, 0.05) is 9.35 Å². The lowest BCUT2D eigenvalue weighted by molar-refractivity contribution is 0.701. The average Bonchev–Trinajstić information content (AvgIpc) is 2.63. The summed E-state index contributed by atoms with van der Waals surface area (Å²) in [5.41, 5.74) is 1.21. The zero-order valence-corrected chi connectivity index (χ0v) is 13.8. The number of rotatable bonds is 3. The summed E-state index contributed by atoms with van der Waals surface area (Å²) in [5, 5.41) is 4.08. The lowest BCUT2D eigenvalue weighted by Gasteiger charge is -2.16. The molecule has 1 aromatic heterocycles. The van der Waals surface area contributed by atoms with E-state index in [2.05, 4.69) is 43.2 Å². The first kappa shape index (κ1) is 13.6. The fraction of sp³-hybridized carbons (Fsp3) is 0.167. The van der Waals surface area contributed by atoms with Gasteiger partial charge in [-0.15, -0.1) is 11.3 Å². The van der Waals surface area contributed by atoms with E-state index in [1.807, 2.05) is 31.3 Å². The van der Waals surface area contributed by atoms with Crippen molar-refractivity contribution in [1.82, 2.24) is 5.32 Å². The topological polar surface area (TPSA) is 12.0 Å². The number of hydrogen-bond acceptors (Lipinski definition) is 2. The van der Waals surface area contributed by atoms with Crippen molar-refractivity contribution in [1.29, 1.82) is 0 Å². The van der Waals surface area contributed by atoms with Crippen LogP contribution >= 0.6 is 54.8 Å². The lowest BCUT2D eigenvalue weighted by Crippen LogP contribution is -2.16. The molecule has 1 aromatic carbocycles. The molecule has 0 aliphatic rings. The molecule has 2 rings (SSSR count). The highest BCUT2D eigenvalue weighted by molar-refractivity contribution is 9.11. The van der Waals surface area contributed by atoms with E-state index in [1.165, 1.54) is 10.4 Å². The standard InChI is InChI=1S/C12H10Br2ClNS/c1-16-11(7-4-2-3-5-8(7)13)10-6-9(15)12(14)17-10/h2-6,11,16H,1H3. The molecule has 0 fully saturated rings. The van der Waals surface area contributed by atoms with E-state index in [0.29, 0.717) is 0 Å². The van der Waals surface area contributed by atoms with Gasteiger partial charge in [-0.1, -0.05) is 45.7 Å². The maximum Gasteiger partial charge on any atom is 0.0888 e. The molecule has 0 radical (unpaired) electrons. The molecule has 0 spiro atoms. The highest BCUT2D eigenvalue weighted by Gasteiger charge is 2.18. The van der Waals surface area contributed by atoms with Crippen molar-refractivity contribution in [2.75, 3.05) is 7.05 Å². The number of halogens is 3. The summed E-state index contributed by atoms with van der Waals surface area (Å²) in [6.45, 7) is 0. The van der Waals surface area contributed by atoms with Crippen molar-refractivity contribution < 1.29 is 0 Å². The van der Waals surface area contributed by atoms with Crippen molar-refractivity contribution >= 4 is 54.8 Å². The Labute approximate surface area is 126 Å². The fourth-order valence-corrected chi connectivity index (χ4v) is 4.06. The van der Waals surface area contributed by atoms with Gasteiger partial charge in [0.2, 0.25) is 0 Å². The van der Waals surface area contributed by atoms with Crippen LogP contribution in [0.3, 0.4) is 0 Å². The first-order valence-electron chi connectivity index (χ1n) is 5.00. The molecule has 17 heavy (non-hydrogen) atoms. The third-order valence-electron chi connectivity index (χ3n) is 2.45. The number of nitrogens with one attached hydrogen (secondary N) is 1. The van der Waals surface area contributed by atoms with Gasteiger partial charge in [0.25, 0.3) is 0 Å². The average molecular weight is 396 g/mol. The molecule has 2 aromatic rings. The zero-order valence-electron chi connectivity index (χ0n) is 9.01. The summed E-state index contributed by atoms with van der Waals surface area (Å²) in [6.07, 6.45) is 0. The van der Waals surface area contributed by atoms with E-state index >= 15 is 0 Å². The molecular weight excluding hydrogens is 385 g/mol. The van der Waals surface area contributed by atoms with E-state index in [9.17, 15) is 0 Å². The van der Waals surface area contributed by atoms with Gasteiger partial charge < -0.3 is 5.32 Å². The lowest BCUT2D eigenvalue weighted by atomic mass is 10.1. The second-order valence-corrected chi connectivity index (χ2v) is 7.18. The van der Waals surface area contributed by atoms with Crippen LogP contribution in [0, 0.1) is 0 Å². The van der Waals surface area contributed by atoms with Crippen LogP contribution in [-0.4, -0.2) is 7.05 Å². The second-order valence-electron chi connectivity index (χ2n) is 3.51. The summed E-state index contributed by atoms with van der Waals surface area (Å²) in [7, 11) is 1.95. The molecule has 0 amide bonds. The molecule has 1 unspecified atom stereocenters. The van der Waals surface area contributed by atoms with Crippen LogP contribution in [0.4, 0.5) is 0 Å². The largest absolute Gasteiger partial charge is 0.309 e. The third kappa shape index (κ3) is 2.93.